The molecule has 0 atom stereocenters. The van der Waals surface area contributed by atoms with Crippen LogP contribution in [0.15, 0.2) is 12.1 Å². The third-order valence-electron chi connectivity index (χ3n) is 2.51. The van der Waals surface area contributed by atoms with Gasteiger partial charge in [0.1, 0.15) is 0 Å². The maximum absolute atomic E-state index is 5.71. The van der Waals surface area contributed by atoms with Gasteiger partial charge < -0.3 is 10.2 Å². The van der Waals surface area contributed by atoms with Crippen LogP contribution >= 0.6 is 11.6 Å². The van der Waals surface area contributed by atoms with E-state index in [1.807, 2.05) is 6.07 Å². The molecule has 0 unspecified atom stereocenters. The highest BCUT2D eigenvalue weighted by atomic mass is 35.5. The molecule has 0 aromatic carbocycles. The highest BCUT2D eigenvalue weighted by molar-refractivity contribution is 6.29. The largest absolute Gasteiger partial charge is 0.355 e. The predicted octanol–water partition coefficient (Wildman–Crippen LogP) is 1.32. The molecule has 0 spiro atoms. The zero-order valence-electron chi connectivity index (χ0n) is 8.62. The number of anilines is 1. The summed E-state index contributed by atoms with van der Waals surface area (Å²) in [4.78, 5) is 2.27. The van der Waals surface area contributed by atoms with Gasteiger partial charge >= 0.3 is 0 Å². The summed E-state index contributed by atoms with van der Waals surface area (Å²) in [5.74, 6) is 0.932. The summed E-state index contributed by atoms with van der Waals surface area (Å²) in [7, 11) is 0. The van der Waals surface area contributed by atoms with Crippen LogP contribution in [0.3, 0.4) is 0 Å². The second kappa shape index (κ2) is 5.28. The number of halogens is 1. The first-order valence-electron chi connectivity index (χ1n) is 5.31. The van der Waals surface area contributed by atoms with E-state index in [0.717, 1.165) is 44.8 Å². The molecule has 0 saturated carbocycles. The van der Waals surface area contributed by atoms with Gasteiger partial charge in [-0.1, -0.05) is 11.6 Å². The van der Waals surface area contributed by atoms with E-state index in [-0.39, 0.29) is 0 Å². The third-order valence-corrected chi connectivity index (χ3v) is 2.71. The van der Waals surface area contributed by atoms with Crippen LogP contribution in [0.25, 0.3) is 0 Å². The minimum absolute atomic E-state index is 0.451. The number of aromatic nitrogens is 2. The maximum Gasteiger partial charge on any atom is 0.151 e. The molecule has 1 fully saturated rings. The molecule has 2 heterocycles. The van der Waals surface area contributed by atoms with Crippen LogP contribution in [0.4, 0.5) is 5.82 Å². The van der Waals surface area contributed by atoms with Gasteiger partial charge in [0.15, 0.2) is 11.0 Å². The van der Waals surface area contributed by atoms with Crippen molar-refractivity contribution < 1.29 is 0 Å². The number of hydrogen-bond donors (Lipinski definition) is 1. The van der Waals surface area contributed by atoms with Crippen molar-refractivity contribution in [2.75, 3.05) is 31.1 Å². The van der Waals surface area contributed by atoms with E-state index >= 15 is 0 Å². The van der Waals surface area contributed by atoms with Gasteiger partial charge in [0.2, 0.25) is 0 Å². The Morgan fingerprint density at radius 3 is 2.47 bits per heavy atom. The smallest absolute Gasteiger partial charge is 0.151 e. The topological polar surface area (TPSA) is 41.0 Å². The molecule has 4 nitrogen and oxygen atoms in total. The van der Waals surface area contributed by atoms with Crippen LogP contribution in [0.5, 0.6) is 0 Å². The van der Waals surface area contributed by atoms with Crippen LogP contribution in [0, 0.1) is 0 Å². The summed E-state index contributed by atoms with van der Waals surface area (Å²) >= 11 is 5.71. The molecule has 1 aromatic heterocycles. The fraction of sp³-hybridized carbons (Fsp3) is 0.600. The maximum atomic E-state index is 5.71. The average molecular weight is 227 g/mol. The van der Waals surface area contributed by atoms with E-state index in [2.05, 4.69) is 20.4 Å². The first kappa shape index (κ1) is 10.6. The van der Waals surface area contributed by atoms with Crippen molar-refractivity contribution in [3.8, 4) is 0 Å². The molecule has 0 radical (unpaired) electrons. The molecule has 1 saturated heterocycles. The second-order valence-electron chi connectivity index (χ2n) is 3.66. The molecule has 15 heavy (non-hydrogen) atoms. The molecule has 1 N–H and O–H groups in total. The standard InChI is InChI=1S/C10H15ClN4/c11-9-3-4-10(14-13-9)15-7-1-5-12-6-2-8-15/h3-4,12H,1-2,5-8H2. The van der Waals surface area contributed by atoms with Gasteiger partial charge in [-0.3, -0.25) is 0 Å². The van der Waals surface area contributed by atoms with Crippen molar-refractivity contribution in [3.63, 3.8) is 0 Å². The Bertz CT molecular complexity index is 293. The Labute approximate surface area is 94.6 Å². The summed E-state index contributed by atoms with van der Waals surface area (Å²) in [6.07, 6.45) is 2.29. The Kier molecular flexibility index (Phi) is 3.75. The van der Waals surface area contributed by atoms with Gasteiger partial charge in [0.25, 0.3) is 0 Å². The molecule has 1 aromatic rings. The number of rotatable bonds is 1. The second-order valence-corrected chi connectivity index (χ2v) is 4.05. The van der Waals surface area contributed by atoms with Crippen LogP contribution in [-0.2, 0) is 0 Å². The summed E-state index contributed by atoms with van der Waals surface area (Å²) < 4.78 is 0. The zero-order valence-corrected chi connectivity index (χ0v) is 9.37. The van der Waals surface area contributed by atoms with Crippen molar-refractivity contribution in [1.29, 1.82) is 0 Å². The van der Waals surface area contributed by atoms with E-state index in [4.69, 9.17) is 11.6 Å². The molecule has 0 bridgehead atoms. The molecule has 1 aliphatic rings. The van der Waals surface area contributed by atoms with Crippen molar-refractivity contribution in [2.45, 2.75) is 12.8 Å². The SMILES string of the molecule is Clc1ccc(N2CCCNCCC2)nn1. The van der Waals surface area contributed by atoms with Crippen LogP contribution in [-0.4, -0.2) is 36.4 Å². The molecule has 82 valence electrons. The molecule has 0 amide bonds. The Morgan fingerprint density at radius 2 is 1.87 bits per heavy atom. The van der Waals surface area contributed by atoms with Crippen molar-refractivity contribution in [1.82, 2.24) is 15.5 Å². The van der Waals surface area contributed by atoms with E-state index in [9.17, 15) is 0 Å². The van der Waals surface area contributed by atoms with E-state index in [1.165, 1.54) is 0 Å². The van der Waals surface area contributed by atoms with E-state index in [0.29, 0.717) is 5.15 Å². The minimum atomic E-state index is 0.451. The average Bonchev–Trinajstić information content (AvgIpc) is 2.19. The summed E-state index contributed by atoms with van der Waals surface area (Å²) in [6.45, 7) is 4.22. The van der Waals surface area contributed by atoms with Gasteiger partial charge in [0, 0.05) is 13.1 Å². The lowest BCUT2D eigenvalue weighted by Crippen LogP contribution is -2.34. The lowest BCUT2D eigenvalue weighted by Gasteiger charge is -2.25. The lowest BCUT2D eigenvalue weighted by atomic mass is 10.2. The molecule has 2 rings (SSSR count). The van der Waals surface area contributed by atoms with Crippen molar-refractivity contribution in [3.05, 3.63) is 17.3 Å². The monoisotopic (exact) mass is 226 g/mol. The van der Waals surface area contributed by atoms with Gasteiger partial charge in [-0.15, -0.1) is 10.2 Å². The van der Waals surface area contributed by atoms with E-state index in [1.54, 1.807) is 6.07 Å². The molecule has 5 heteroatoms. The predicted molar refractivity (Wildman–Crippen MR) is 61.4 cm³/mol. The summed E-state index contributed by atoms with van der Waals surface area (Å²) in [5, 5.41) is 11.8. The Morgan fingerprint density at radius 1 is 1.13 bits per heavy atom. The highest BCUT2D eigenvalue weighted by Gasteiger charge is 2.09. The number of nitrogens with one attached hydrogen (secondary N) is 1. The van der Waals surface area contributed by atoms with Gasteiger partial charge in [0.05, 0.1) is 0 Å². The zero-order chi connectivity index (χ0) is 10.5. The summed E-state index contributed by atoms with van der Waals surface area (Å²) in [5.41, 5.74) is 0. The normalized spacial score (nSPS) is 18.3. The van der Waals surface area contributed by atoms with Gasteiger partial charge in [-0.25, -0.2) is 0 Å². The van der Waals surface area contributed by atoms with Gasteiger partial charge in [-0.05, 0) is 38.1 Å². The van der Waals surface area contributed by atoms with Crippen molar-refractivity contribution >= 4 is 17.4 Å². The van der Waals surface area contributed by atoms with Gasteiger partial charge in [-0.2, -0.15) is 0 Å². The van der Waals surface area contributed by atoms with Crippen LogP contribution < -0.4 is 10.2 Å². The molecular formula is C10H15ClN4. The third kappa shape index (κ3) is 3.04. The van der Waals surface area contributed by atoms with E-state index < -0.39 is 0 Å². The number of nitrogens with zero attached hydrogens (tertiary/aromatic N) is 3. The van der Waals surface area contributed by atoms with Crippen LogP contribution in [0.2, 0.25) is 5.15 Å². The highest BCUT2D eigenvalue weighted by Crippen LogP contribution is 2.13. The molecule has 0 aliphatic carbocycles. The lowest BCUT2D eigenvalue weighted by molar-refractivity contribution is 0.563. The number of hydrogen-bond acceptors (Lipinski definition) is 4. The molecule has 1 aliphatic heterocycles. The van der Waals surface area contributed by atoms with Crippen molar-refractivity contribution in [2.24, 2.45) is 0 Å². The quantitative estimate of drug-likeness (QED) is 0.784. The summed E-state index contributed by atoms with van der Waals surface area (Å²) in [6, 6.07) is 3.73. The Balaban J connectivity index is 2.03. The van der Waals surface area contributed by atoms with Crippen LogP contribution in [0.1, 0.15) is 12.8 Å². The first-order valence-corrected chi connectivity index (χ1v) is 5.69. The minimum Gasteiger partial charge on any atom is -0.355 e. The molecular weight excluding hydrogens is 212 g/mol. The fourth-order valence-electron chi connectivity index (χ4n) is 1.73. The Hall–Kier alpha value is -0.870. The fourth-order valence-corrected chi connectivity index (χ4v) is 1.83. The first-order chi connectivity index (χ1) is 7.36.